The minimum absolute atomic E-state index is 0.285. The maximum Gasteiger partial charge on any atom is 0.0860 e. The Bertz CT molecular complexity index is 219. The molecule has 2 N–H and O–H groups in total. The second-order valence-corrected chi connectivity index (χ2v) is 4.16. The van der Waals surface area contributed by atoms with Crippen molar-refractivity contribution in [2.45, 2.75) is 31.8 Å². The number of nitrogens with zero attached hydrogens (tertiary/aromatic N) is 2. The minimum atomic E-state index is 0.285. The Morgan fingerprint density at radius 1 is 1.57 bits per heavy atom. The van der Waals surface area contributed by atoms with Gasteiger partial charge in [0.1, 0.15) is 0 Å². The summed E-state index contributed by atoms with van der Waals surface area (Å²) in [7, 11) is 0. The Morgan fingerprint density at radius 2 is 2.43 bits per heavy atom. The number of aliphatic hydroxyl groups excluding tert-OH is 1. The van der Waals surface area contributed by atoms with Crippen molar-refractivity contribution in [3.63, 3.8) is 0 Å². The van der Waals surface area contributed by atoms with Crippen LogP contribution in [0.25, 0.3) is 0 Å². The van der Waals surface area contributed by atoms with Gasteiger partial charge in [0.05, 0.1) is 13.3 Å². The number of likely N-dealkylation sites (tertiary alicyclic amines) is 1. The van der Waals surface area contributed by atoms with Gasteiger partial charge in [0, 0.05) is 24.8 Å². The van der Waals surface area contributed by atoms with Crippen molar-refractivity contribution < 1.29 is 5.11 Å². The predicted molar refractivity (Wildman–Crippen MR) is 55.3 cm³/mol. The molecule has 2 heterocycles. The van der Waals surface area contributed by atoms with Crippen molar-refractivity contribution in [3.05, 3.63) is 12.3 Å². The summed E-state index contributed by atoms with van der Waals surface area (Å²) in [5.41, 5.74) is 3.32. The second-order valence-electron chi connectivity index (χ2n) is 4.16. The van der Waals surface area contributed by atoms with Crippen LogP contribution >= 0.6 is 0 Å². The number of hydrogen-bond acceptors (Lipinski definition) is 4. The van der Waals surface area contributed by atoms with Crippen molar-refractivity contribution in [2.24, 2.45) is 0 Å². The van der Waals surface area contributed by atoms with Crippen molar-refractivity contribution in [1.82, 2.24) is 15.3 Å². The van der Waals surface area contributed by atoms with Gasteiger partial charge >= 0.3 is 0 Å². The molecule has 0 saturated carbocycles. The van der Waals surface area contributed by atoms with E-state index in [1.807, 2.05) is 0 Å². The van der Waals surface area contributed by atoms with Crippen LogP contribution < -0.4 is 5.43 Å². The van der Waals surface area contributed by atoms with Crippen molar-refractivity contribution in [1.29, 1.82) is 0 Å². The molecule has 4 nitrogen and oxygen atoms in total. The second kappa shape index (κ2) is 4.29. The Kier molecular flexibility index (Phi) is 3.05. The van der Waals surface area contributed by atoms with Gasteiger partial charge in [0.25, 0.3) is 0 Å². The Hall–Kier alpha value is -0.580. The Labute approximate surface area is 85.2 Å². The molecule has 1 fully saturated rings. The third kappa shape index (κ3) is 2.08. The van der Waals surface area contributed by atoms with E-state index in [9.17, 15) is 0 Å². The zero-order valence-electron chi connectivity index (χ0n) is 8.69. The Morgan fingerprint density at radius 3 is 3.07 bits per heavy atom. The summed E-state index contributed by atoms with van der Waals surface area (Å²) in [6.45, 7) is 4.40. The molecule has 0 radical (unpaired) electrons. The van der Waals surface area contributed by atoms with E-state index < -0.39 is 0 Å². The largest absolute Gasteiger partial charge is 0.395 e. The monoisotopic (exact) mass is 197 g/mol. The SMILES string of the molecule is C[C@@H]1C=CN(CN2CCCC2CO)N1. The zero-order valence-corrected chi connectivity index (χ0v) is 8.69. The topological polar surface area (TPSA) is 38.7 Å². The first-order chi connectivity index (χ1) is 6.79. The highest BCUT2D eigenvalue weighted by Gasteiger charge is 2.25. The van der Waals surface area contributed by atoms with Gasteiger partial charge in [-0.1, -0.05) is 0 Å². The van der Waals surface area contributed by atoms with Gasteiger partial charge in [-0.15, -0.1) is 0 Å². The molecule has 0 aromatic carbocycles. The fourth-order valence-corrected chi connectivity index (χ4v) is 2.15. The first-order valence-corrected chi connectivity index (χ1v) is 5.35. The van der Waals surface area contributed by atoms with E-state index in [-0.39, 0.29) is 6.61 Å². The van der Waals surface area contributed by atoms with E-state index in [0.717, 1.165) is 19.6 Å². The lowest BCUT2D eigenvalue weighted by Gasteiger charge is -2.28. The molecule has 0 amide bonds. The molecule has 4 heteroatoms. The van der Waals surface area contributed by atoms with Crippen LogP contribution in [0.3, 0.4) is 0 Å². The lowest BCUT2D eigenvalue weighted by atomic mass is 10.2. The molecular weight excluding hydrogens is 178 g/mol. The average Bonchev–Trinajstić information content (AvgIpc) is 2.76. The average molecular weight is 197 g/mol. The molecule has 0 aromatic rings. The van der Waals surface area contributed by atoms with E-state index >= 15 is 0 Å². The molecule has 2 aliphatic heterocycles. The van der Waals surface area contributed by atoms with Crippen LogP contribution in [0.2, 0.25) is 0 Å². The normalized spacial score (nSPS) is 33.1. The van der Waals surface area contributed by atoms with E-state index in [2.05, 4.69) is 34.5 Å². The predicted octanol–water partition coefficient (Wildman–Crippen LogP) is 0.123. The van der Waals surface area contributed by atoms with Gasteiger partial charge in [0.2, 0.25) is 0 Å². The lowest BCUT2D eigenvalue weighted by molar-refractivity contribution is 0.0923. The highest BCUT2D eigenvalue weighted by atomic mass is 16.3. The zero-order chi connectivity index (χ0) is 9.97. The third-order valence-corrected chi connectivity index (χ3v) is 2.97. The lowest BCUT2D eigenvalue weighted by Crippen LogP contribution is -2.45. The standard InChI is InChI=1S/C10H19N3O/c1-9-4-6-13(11-9)8-12-5-2-3-10(12)7-14/h4,6,9-11,14H,2-3,5,7-8H2,1H3/t9-,10?/m1/s1. The quantitative estimate of drug-likeness (QED) is 0.674. The molecule has 0 aliphatic carbocycles. The van der Waals surface area contributed by atoms with Crippen LogP contribution in [0.15, 0.2) is 12.3 Å². The maximum atomic E-state index is 9.16. The van der Waals surface area contributed by atoms with Crippen LogP contribution in [0, 0.1) is 0 Å². The van der Waals surface area contributed by atoms with Crippen LogP contribution in [-0.2, 0) is 0 Å². The van der Waals surface area contributed by atoms with Gasteiger partial charge in [-0.05, 0) is 25.8 Å². The summed E-state index contributed by atoms with van der Waals surface area (Å²) in [5, 5.41) is 11.3. The number of hydrogen-bond donors (Lipinski definition) is 2. The van der Waals surface area contributed by atoms with E-state index in [0.29, 0.717) is 12.1 Å². The fourth-order valence-electron chi connectivity index (χ4n) is 2.15. The molecule has 14 heavy (non-hydrogen) atoms. The van der Waals surface area contributed by atoms with Gasteiger partial charge in [-0.2, -0.15) is 0 Å². The molecule has 0 aromatic heterocycles. The Balaban J connectivity index is 1.82. The molecule has 0 bridgehead atoms. The van der Waals surface area contributed by atoms with Crippen LogP contribution in [0.4, 0.5) is 0 Å². The molecular formula is C10H19N3O. The number of hydrazine groups is 1. The molecule has 2 atom stereocenters. The molecule has 1 unspecified atom stereocenters. The van der Waals surface area contributed by atoms with Crippen molar-refractivity contribution in [3.8, 4) is 0 Å². The van der Waals surface area contributed by atoms with Gasteiger partial charge in [-0.3, -0.25) is 4.90 Å². The molecule has 2 aliphatic rings. The molecule has 2 rings (SSSR count). The fraction of sp³-hybridized carbons (Fsp3) is 0.800. The summed E-state index contributed by atoms with van der Waals surface area (Å²) in [5.74, 6) is 0. The molecule has 0 spiro atoms. The first kappa shape index (κ1) is 9.96. The van der Waals surface area contributed by atoms with Crippen LogP contribution in [0.5, 0.6) is 0 Å². The van der Waals surface area contributed by atoms with Crippen LogP contribution in [0.1, 0.15) is 19.8 Å². The number of aliphatic hydroxyl groups is 1. The van der Waals surface area contributed by atoms with Gasteiger partial charge in [0.15, 0.2) is 0 Å². The number of rotatable bonds is 3. The minimum Gasteiger partial charge on any atom is -0.395 e. The number of nitrogens with one attached hydrogen (secondary N) is 1. The summed E-state index contributed by atoms with van der Waals surface area (Å²) >= 11 is 0. The van der Waals surface area contributed by atoms with Crippen LogP contribution in [-0.4, -0.2) is 46.9 Å². The summed E-state index contributed by atoms with van der Waals surface area (Å²) in [6, 6.07) is 0.797. The first-order valence-electron chi connectivity index (χ1n) is 5.35. The highest BCUT2D eigenvalue weighted by Crippen LogP contribution is 2.17. The van der Waals surface area contributed by atoms with E-state index in [1.54, 1.807) is 0 Å². The summed E-state index contributed by atoms with van der Waals surface area (Å²) < 4.78 is 0. The molecule has 80 valence electrons. The summed E-state index contributed by atoms with van der Waals surface area (Å²) in [6.07, 6.45) is 6.56. The maximum absolute atomic E-state index is 9.16. The van der Waals surface area contributed by atoms with E-state index in [1.165, 1.54) is 6.42 Å². The molecule has 1 saturated heterocycles. The summed E-state index contributed by atoms with van der Waals surface area (Å²) in [4.78, 5) is 2.33. The third-order valence-electron chi connectivity index (χ3n) is 2.97. The van der Waals surface area contributed by atoms with Crippen molar-refractivity contribution >= 4 is 0 Å². The van der Waals surface area contributed by atoms with Crippen molar-refractivity contribution in [2.75, 3.05) is 19.8 Å². The van der Waals surface area contributed by atoms with Gasteiger partial charge in [-0.25, -0.2) is 5.43 Å². The van der Waals surface area contributed by atoms with E-state index in [4.69, 9.17) is 5.11 Å². The van der Waals surface area contributed by atoms with Gasteiger partial charge < -0.3 is 10.1 Å². The highest BCUT2D eigenvalue weighted by molar-refractivity contribution is 4.96. The smallest absolute Gasteiger partial charge is 0.0860 e.